The highest BCUT2D eigenvalue weighted by atomic mass is 16.5. The number of urea groups is 1. The van der Waals surface area contributed by atoms with Crippen LogP contribution >= 0.6 is 0 Å². The fourth-order valence-corrected chi connectivity index (χ4v) is 3.64. The van der Waals surface area contributed by atoms with Gasteiger partial charge in [-0.05, 0) is 32.2 Å². The van der Waals surface area contributed by atoms with Gasteiger partial charge in [0.25, 0.3) is 5.91 Å². The summed E-state index contributed by atoms with van der Waals surface area (Å²) >= 11 is 0. The third kappa shape index (κ3) is 2.12. The summed E-state index contributed by atoms with van der Waals surface area (Å²) < 4.78 is 0. The van der Waals surface area contributed by atoms with Crippen molar-refractivity contribution >= 4 is 11.9 Å². The van der Waals surface area contributed by atoms with Crippen molar-refractivity contribution in [2.24, 2.45) is 5.92 Å². The van der Waals surface area contributed by atoms with Gasteiger partial charge < -0.3 is 4.90 Å². The van der Waals surface area contributed by atoms with Crippen molar-refractivity contribution in [2.45, 2.75) is 57.2 Å². The van der Waals surface area contributed by atoms with Gasteiger partial charge in [-0.1, -0.05) is 19.3 Å². The number of piperidine rings is 1. The molecule has 6 nitrogen and oxygen atoms in total. The fraction of sp³-hybridized carbons (Fsp3) is 0.846. The van der Waals surface area contributed by atoms with Crippen LogP contribution in [-0.4, -0.2) is 45.9 Å². The molecule has 0 radical (unpaired) electrons. The quantitative estimate of drug-likeness (QED) is 0.702. The summed E-state index contributed by atoms with van der Waals surface area (Å²) in [4.78, 5) is 25.9. The smallest absolute Gasteiger partial charge is 0.303 e. The van der Waals surface area contributed by atoms with Gasteiger partial charge in [-0.3, -0.25) is 15.3 Å². The van der Waals surface area contributed by atoms with Crippen LogP contribution in [0.15, 0.2) is 0 Å². The van der Waals surface area contributed by atoms with Crippen LogP contribution in [0, 0.1) is 5.92 Å². The molecule has 1 aliphatic carbocycles. The van der Waals surface area contributed by atoms with Crippen molar-refractivity contribution in [1.82, 2.24) is 15.3 Å². The number of imide groups is 1. The average molecular weight is 267 g/mol. The first-order valence-electron chi connectivity index (χ1n) is 7.28. The van der Waals surface area contributed by atoms with Gasteiger partial charge in [0.05, 0.1) is 12.1 Å². The minimum absolute atomic E-state index is 0.155. The van der Waals surface area contributed by atoms with Gasteiger partial charge in [-0.2, -0.15) is 0 Å². The Kier molecular flexibility index (Phi) is 3.45. The highest BCUT2D eigenvalue weighted by Crippen LogP contribution is 2.33. The molecule has 19 heavy (non-hydrogen) atoms. The maximum absolute atomic E-state index is 12.2. The second kappa shape index (κ2) is 5.09. The van der Waals surface area contributed by atoms with Gasteiger partial charge in [-0.15, -0.1) is 5.06 Å². The van der Waals surface area contributed by atoms with Crippen molar-refractivity contribution in [3.8, 4) is 0 Å². The molecule has 2 aliphatic heterocycles. The van der Waals surface area contributed by atoms with Crippen LogP contribution in [-0.2, 0) is 4.79 Å². The summed E-state index contributed by atoms with van der Waals surface area (Å²) in [5.41, 5.74) is 0. The van der Waals surface area contributed by atoms with Gasteiger partial charge in [-0.25, -0.2) is 4.79 Å². The van der Waals surface area contributed by atoms with Crippen molar-refractivity contribution in [1.29, 1.82) is 0 Å². The van der Waals surface area contributed by atoms with Crippen molar-refractivity contribution in [3.05, 3.63) is 0 Å². The third-order valence-electron chi connectivity index (χ3n) is 4.62. The third-order valence-corrected chi connectivity index (χ3v) is 4.62. The molecule has 0 bridgehead atoms. The summed E-state index contributed by atoms with van der Waals surface area (Å²) in [7, 11) is 0. The van der Waals surface area contributed by atoms with E-state index in [0.717, 1.165) is 45.1 Å². The molecule has 0 aromatic heterocycles. The lowest BCUT2D eigenvalue weighted by Crippen LogP contribution is -2.69. The Labute approximate surface area is 112 Å². The van der Waals surface area contributed by atoms with Crippen LogP contribution in [0.25, 0.3) is 0 Å². The molecule has 2 saturated heterocycles. The molecular weight excluding hydrogens is 246 g/mol. The molecule has 3 aliphatic rings. The van der Waals surface area contributed by atoms with E-state index in [-0.39, 0.29) is 18.1 Å². The average Bonchev–Trinajstić information content (AvgIpc) is 2.46. The zero-order valence-electron chi connectivity index (χ0n) is 11.0. The molecule has 3 amide bonds. The van der Waals surface area contributed by atoms with E-state index in [1.165, 1.54) is 6.42 Å². The lowest BCUT2D eigenvalue weighted by Gasteiger charge is -2.49. The van der Waals surface area contributed by atoms with Gasteiger partial charge in [0.1, 0.15) is 0 Å². The molecule has 3 rings (SSSR count). The monoisotopic (exact) mass is 267 g/mol. The van der Waals surface area contributed by atoms with Crippen LogP contribution in [0.1, 0.15) is 44.9 Å². The molecule has 2 N–H and O–H groups in total. The molecule has 2 heterocycles. The number of hydrogen-bond donors (Lipinski definition) is 2. The Balaban J connectivity index is 1.86. The lowest BCUT2D eigenvalue weighted by molar-refractivity contribution is -0.174. The van der Waals surface area contributed by atoms with E-state index >= 15 is 0 Å². The highest BCUT2D eigenvalue weighted by Gasteiger charge is 2.49. The van der Waals surface area contributed by atoms with Crippen molar-refractivity contribution < 1.29 is 14.8 Å². The number of fused-ring (bicyclic) bond motifs is 1. The zero-order valence-corrected chi connectivity index (χ0v) is 11.0. The molecule has 2 unspecified atom stereocenters. The highest BCUT2D eigenvalue weighted by molar-refractivity contribution is 5.97. The predicted octanol–water partition coefficient (Wildman–Crippen LogP) is 1.30. The first-order chi connectivity index (χ1) is 9.20. The Morgan fingerprint density at radius 2 is 1.79 bits per heavy atom. The second-order valence-electron chi connectivity index (χ2n) is 5.78. The van der Waals surface area contributed by atoms with Gasteiger partial charge in [0.2, 0.25) is 0 Å². The van der Waals surface area contributed by atoms with Crippen LogP contribution in [0.5, 0.6) is 0 Å². The predicted molar refractivity (Wildman–Crippen MR) is 67.3 cm³/mol. The molecule has 6 heteroatoms. The van der Waals surface area contributed by atoms with E-state index in [1.54, 1.807) is 4.90 Å². The van der Waals surface area contributed by atoms with Crippen LogP contribution in [0.4, 0.5) is 4.79 Å². The molecule has 1 saturated carbocycles. The summed E-state index contributed by atoms with van der Waals surface area (Å²) in [6, 6.07) is -0.394. The molecule has 0 aromatic rings. The van der Waals surface area contributed by atoms with E-state index in [2.05, 4.69) is 5.32 Å². The van der Waals surface area contributed by atoms with E-state index in [0.29, 0.717) is 5.06 Å². The fourth-order valence-electron chi connectivity index (χ4n) is 3.64. The molecule has 2 atom stereocenters. The minimum Gasteiger partial charge on any atom is -0.303 e. The minimum atomic E-state index is -0.549. The van der Waals surface area contributed by atoms with Crippen LogP contribution < -0.4 is 5.32 Å². The number of carbonyl (C=O) groups excluding carboxylic acids is 2. The van der Waals surface area contributed by atoms with Gasteiger partial charge in [0, 0.05) is 6.04 Å². The summed E-state index contributed by atoms with van der Waals surface area (Å²) in [6.07, 6.45) is 6.81. The number of hydroxylamine groups is 2. The largest absolute Gasteiger partial charge is 0.352 e. The maximum Gasteiger partial charge on any atom is 0.352 e. The second-order valence-corrected chi connectivity index (χ2v) is 5.78. The Bertz CT molecular complexity index is 381. The van der Waals surface area contributed by atoms with Crippen LogP contribution in [0.2, 0.25) is 0 Å². The number of rotatable bonds is 1. The van der Waals surface area contributed by atoms with Crippen molar-refractivity contribution in [2.75, 3.05) is 6.54 Å². The maximum atomic E-state index is 12.2. The molecule has 0 spiro atoms. The SMILES string of the molecule is O=C1C2CCCNC2N(C2CCCCC2)C(=O)N1O. The lowest BCUT2D eigenvalue weighted by atomic mass is 9.88. The normalized spacial score (nSPS) is 33.5. The topological polar surface area (TPSA) is 72.9 Å². The number of nitrogens with zero attached hydrogens (tertiary/aromatic N) is 2. The summed E-state index contributed by atoms with van der Waals surface area (Å²) in [5.74, 6) is -0.743. The molecule has 106 valence electrons. The zero-order chi connectivity index (χ0) is 13.4. The molecular formula is C13H21N3O3. The van der Waals surface area contributed by atoms with E-state index in [9.17, 15) is 14.8 Å². The standard InChI is InChI=1S/C13H21N3O3/c17-12-10-7-4-8-14-11(10)15(13(18)16(12)19)9-5-2-1-3-6-9/h9-11,14,19H,1-8H2. The Morgan fingerprint density at radius 1 is 1.05 bits per heavy atom. The number of carbonyl (C=O) groups is 2. The van der Waals surface area contributed by atoms with Crippen LogP contribution in [0.3, 0.4) is 0 Å². The van der Waals surface area contributed by atoms with Crippen molar-refractivity contribution in [3.63, 3.8) is 0 Å². The Hall–Kier alpha value is -1.14. The van der Waals surface area contributed by atoms with E-state index in [4.69, 9.17) is 0 Å². The summed E-state index contributed by atoms with van der Waals surface area (Å²) in [5, 5.41) is 13.4. The number of hydrogen-bond acceptors (Lipinski definition) is 4. The first kappa shape index (κ1) is 12.9. The van der Waals surface area contributed by atoms with E-state index < -0.39 is 11.9 Å². The number of nitrogens with one attached hydrogen (secondary N) is 1. The molecule has 3 fully saturated rings. The first-order valence-corrected chi connectivity index (χ1v) is 7.28. The number of amides is 3. The van der Waals surface area contributed by atoms with Gasteiger partial charge in [0.15, 0.2) is 0 Å². The van der Waals surface area contributed by atoms with Gasteiger partial charge >= 0.3 is 6.03 Å². The summed E-state index contributed by atoms with van der Waals surface area (Å²) in [6.45, 7) is 0.830. The molecule has 0 aromatic carbocycles. The van der Waals surface area contributed by atoms with E-state index in [1.807, 2.05) is 0 Å². The Morgan fingerprint density at radius 3 is 2.53 bits per heavy atom.